The summed E-state index contributed by atoms with van der Waals surface area (Å²) in [7, 11) is 3.44. The van der Waals surface area contributed by atoms with Crippen molar-refractivity contribution >= 4 is 39.9 Å². The maximum absolute atomic E-state index is 13.8. The number of imidazole rings is 1. The number of rotatable bonds is 8. The molecule has 1 fully saturated rings. The SMILES string of the molecule is COCCn1cnc2cc(NC(=O)C3CCCCC3)cc(C(=O)N(C)[C@H](C)c3nc(C)cs3)c21. The molecule has 0 saturated heterocycles. The van der Waals surface area contributed by atoms with Gasteiger partial charge in [0.05, 0.1) is 35.6 Å². The van der Waals surface area contributed by atoms with Gasteiger partial charge in [0.1, 0.15) is 5.01 Å². The standard InChI is InChI=1S/C25H33N5O3S/c1-16-14-34-24(27-16)17(2)29(3)25(32)20-12-19(28-23(31)18-8-6-5-7-9-18)13-21-22(20)30(15-26-21)10-11-33-4/h12-15,17-18H,5-11H2,1-4H3,(H,28,31)/t17-/m1/s1. The zero-order valence-corrected chi connectivity index (χ0v) is 21.2. The molecule has 0 spiro atoms. The Morgan fingerprint density at radius 2 is 2.06 bits per heavy atom. The van der Waals surface area contributed by atoms with E-state index < -0.39 is 0 Å². The second kappa shape index (κ2) is 10.7. The second-order valence-electron chi connectivity index (χ2n) is 9.07. The molecule has 4 rings (SSSR count). The summed E-state index contributed by atoms with van der Waals surface area (Å²) < 4.78 is 7.18. The lowest BCUT2D eigenvalue weighted by atomic mass is 9.88. The number of methoxy groups -OCH3 is 1. The minimum atomic E-state index is -0.183. The molecule has 1 aromatic carbocycles. The highest BCUT2D eigenvalue weighted by atomic mass is 32.1. The fraction of sp³-hybridized carbons (Fsp3) is 0.520. The van der Waals surface area contributed by atoms with E-state index in [-0.39, 0.29) is 23.8 Å². The van der Waals surface area contributed by atoms with Crippen molar-refractivity contribution in [1.82, 2.24) is 19.4 Å². The fourth-order valence-corrected chi connectivity index (χ4v) is 5.40. The zero-order chi connectivity index (χ0) is 24.2. The monoisotopic (exact) mass is 483 g/mol. The fourth-order valence-electron chi connectivity index (χ4n) is 4.51. The Labute approximate surface area is 204 Å². The maximum Gasteiger partial charge on any atom is 0.256 e. The first-order valence-corrected chi connectivity index (χ1v) is 12.7. The molecule has 182 valence electrons. The van der Waals surface area contributed by atoms with Crippen LogP contribution in [-0.2, 0) is 16.1 Å². The summed E-state index contributed by atoms with van der Waals surface area (Å²) in [5.74, 6) is -0.0896. The van der Waals surface area contributed by atoms with Crippen LogP contribution in [0.1, 0.15) is 66.1 Å². The van der Waals surface area contributed by atoms with Crippen molar-refractivity contribution in [3.05, 3.63) is 40.1 Å². The molecule has 0 radical (unpaired) electrons. The van der Waals surface area contributed by atoms with E-state index in [2.05, 4.69) is 15.3 Å². The predicted molar refractivity (Wildman–Crippen MR) is 134 cm³/mol. The Balaban J connectivity index is 1.68. The molecule has 1 N–H and O–H groups in total. The third kappa shape index (κ3) is 5.15. The van der Waals surface area contributed by atoms with Crippen molar-refractivity contribution in [2.75, 3.05) is 26.1 Å². The molecule has 0 bridgehead atoms. The third-order valence-corrected chi connectivity index (χ3v) is 7.75. The summed E-state index contributed by atoms with van der Waals surface area (Å²) in [5.41, 5.74) is 3.47. The van der Waals surface area contributed by atoms with Gasteiger partial charge in [0.2, 0.25) is 5.91 Å². The molecule has 2 amide bonds. The van der Waals surface area contributed by atoms with Gasteiger partial charge >= 0.3 is 0 Å². The minimum absolute atomic E-state index is 0.0243. The van der Waals surface area contributed by atoms with Gasteiger partial charge in [-0.05, 0) is 38.8 Å². The summed E-state index contributed by atoms with van der Waals surface area (Å²) in [4.78, 5) is 37.5. The average molecular weight is 484 g/mol. The lowest BCUT2D eigenvalue weighted by Gasteiger charge is -2.25. The number of hydrogen-bond donors (Lipinski definition) is 1. The van der Waals surface area contributed by atoms with E-state index >= 15 is 0 Å². The predicted octanol–water partition coefficient (Wildman–Crippen LogP) is 4.80. The van der Waals surface area contributed by atoms with E-state index in [0.717, 1.165) is 41.9 Å². The number of aromatic nitrogens is 3. The van der Waals surface area contributed by atoms with Crippen molar-refractivity contribution in [2.45, 2.75) is 58.5 Å². The molecule has 1 aliphatic rings. The Morgan fingerprint density at radius 3 is 2.74 bits per heavy atom. The molecule has 34 heavy (non-hydrogen) atoms. The molecule has 1 aliphatic carbocycles. The Bertz CT molecular complexity index is 1160. The van der Waals surface area contributed by atoms with Crippen molar-refractivity contribution in [3.63, 3.8) is 0 Å². The zero-order valence-electron chi connectivity index (χ0n) is 20.3. The molecule has 1 saturated carbocycles. The Morgan fingerprint density at radius 1 is 1.29 bits per heavy atom. The highest BCUT2D eigenvalue weighted by molar-refractivity contribution is 7.09. The topological polar surface area (TPSA) is 89.3 Å². The number of thiazole rings is 1. The number of aryl methyl sites for hydroxylation is 1. The highest BCUT2D eigenvalue weighted by Crippen LogP contribution is 2.30. The number of nitrogens with zero attached hydrogens (tertiary/aromatic N) is 4. The average Bonchev–Trinajstić information content (AvgIpc) is 3.47. The van der Waals surface area contributed by atoms with Crippen LogP contribution in [0.15, 0.2) is 23.8 Å². The maximum atomic E-state index is 13.8. The summed E-state index contributed by atoms with van der Waals surface area (Å²) >= 11 is 1.55. The van der Waals surface area contributed by atoms with E-state index in [0.29, 0.717) is 29.9 Å². The van der Waals surface area contributed by atoms with E-state index in [1.807, 2.05) is 29.9 Å². The van der Waals surface area contributed by atoms with Crippen LogP contribution in [0, 0.1) is 12.8 Å². The van der Waals surface area contributed by atoms with Crippen LogP contribution in [-0.4, -0.2) is 52.0 Å². The van der Waals surface area contributed by atoms with Crippen LogP contribution >= 0.6 is 11.3 Å². The molecule has 3 aromatic rings. The summed E-state index contributed by atoms with van der Waals surface area (Å²) in [5, 5.41) is 5.94. The third-order valence-electron chi connectivity index (χ3n) is 6.62. The van der Waals surface area contributed by atoms with Crippen LogP contribution in [0.4, 0.5) is 5.69 Å². The molecule has 8 nitrogen and oxygen atoms in total. The molecule has 0 aliphatic heterocycles. The van der Waals surface area contributed by atoms with Crippen molar-refractivity contribution in [2.24, 2.45) is 5.92 Å². The van der Waals surface area contributed by atoms with Crippen LogP contribution in [0.3, 0.4) is 0 Å². The highest BCUT2D eigenvalue weighted by Gasteiger charge is 2.26. The van der Waals surface area contributed by atoms with E-state index in [1.165, 1.54) is 6.42 Å². The van der Waals surface area contributed by atoms with Crippen molar-refractivity contribution < 1.29 is 14.3 Å². The van der Waals surface area contributed by atoms with Crippen LogP contribution in [0.25, 0.3) is 11.0 Å². The minimum Gasteiger partial charge on any atom is -0.383 e. The van der Waals surface area contributed by atoms with Gasteiger partial charge < -0.3 is 19.5 Å². The van der Waals surface area contributed by atoms with Gasteiger partial charge in [-0.25, -0.2) is 9.97 Å². The van der Waals surface area contributed by atoms with Gasteiger partial charge in [-0.3, -0.25) is 9.59 Å². The van der Waals surface area contributed by atoms with Crippen LogP contribution < -0.4 is 5.32 Å². The quantitative estimate of drug-likeness (QED) is 0.497. The molecule has 0 unspecified atom stereocenters. The van der Waals surface area contributed by atoms with Crippen LogP contribution in [0.5, 0.6) is 0 Å². The van der Waals surface area contributed by atoms with Crippen molar-refractivity contribution in [3.8, 4) is 0 Å². The summed E-state index contributed by atoms with van der Waals surface area (Å²) in [6.07, 6.45) is 6.92. The summed E-state index contributed by atoms with van der Waals surface area (Å²) in [6, 6.07) is 3.45. The number of anilines is 1. The molecule has 2 heterocycles. The first-order valence-electron chi connectivity index (χ1n) is 11.9. The Kier molecular flexibility index (Phi) is 7.63. The molecular formula is C25H33N5O3S. The first-order chi connectivity index (χ1) is 16.4. The van der Waals surface area contributed by atoms with Gasteiger partial charge in [-0.1, -0.05) is 19.3 Å². The lowest BCUT2D eigenvalue weighted by Crippen LogP contribution is -2.30. The smallest absolute Gasteiger partial charge is 0.256 e. The second-order valence-corrected chi connectivity index (χ2v) is 9.96. The number of carbonyl (C=O) groups excluding carboxylic acids is 2. The lowest BCUT2D eigenvalue weighted by molar-refractivity contribution is -0.120. The van der Waals surface area contributed by atoms with Gasteiger partial charge in [0.15, 0.2) is 0 Å². The van der Waals surface area contributed by atoms with Gasteiger partial charge in [-0.2, -0.15) is 0 Å². The first kappa shape index (κ1) is 24.3. The van der Waals surface area contributed by atoms with Gasteiger partial charge in [0.25, 0.3) is 5.91 Å². The normalized spacial score (nSPS) is 15.4. The molecular weight excluding hydrogens is 450 g/mol. The number of carbonyl (C=O) groups is 2. The molecule has 2 aromatic heterocycles. The molecule has 9 heteroatoms. The van der Waals surface area contributed by atoms with Gasteiger partial charge in [0, 0.05) is 43.4 Å². The number of nitrogens with one attached hydrogen (secondary N) is 1. The number of benzene rings is 1. The number of hydrogen-bond acceptors (Lipinski definition) is 6. The van der Waals surface area contributed by atoms with Crippen molar-refractivity contribution in [1.29, 1.82) is 0 Å². The Hall–Kier alpha value is -2.78. The summed E-state index contributed by atoms with van der Waals surface area (Å²) in [6.45, 7) is 5.01. The number of amides is 2. The van der Waals surface area contributed by atoms with E-state index in [4.69, 9.17) is 4.74 Å². The van der Waals surface area contributed by atoms with E-state index in [1.54, 1.807) is 42.8 Å². The van der Waals surface area contributed by atoms with E-state index in [9.17, 15) is 9.59 Å². The van der Waals surface area contributed by atoms with Crippen LogP contribution in [0.2, 0.25) is 0 Å². The van der Waals surface area contributed by atoms with Gasteiger partial charge in [-0.15, -0.1) is 11.3 Å². The number of fused-ring (bicyclic) bond motifs is 1. The molecule has 1 atom stereocenters. The largest absolute Gasteiger partial charge is 0.383 e. The number of ether oxygens (including phenoxy) is 1.